The number of piperidine rings is 1. The van der Waals surface area contributed by atoms with Crippen molar-refractivity contribution in [1.29, 1.82) is 0 Å². The van der Waals surface area contributed by atoms with Crippen LogP contribution in [-0.2, 0) is 19.2 Å². The molecule has 0 aromatic heterocycles. The molecular formula is C17H22N4O4. The van der Waals surface area contributed by atoms with E-state index in [0.717, 1.165) is 0 Å². The molecule has 4 N–H and O–H groups in total. The van der Waals surface area contributed by atoms with Crippen molar-refractivity contribution in [1.82, 2.24) is 15.5 Å². The fourth-order valence-electron chi connectivity index (χ4n) is 3.62. The molecule has 0 saturated carbocycles. The Balaban J connectivity index is 1.81. The van der Waals surface area contributed by atoms with Crippen molar-refractivity contribution in [2.24, 2.45) is 11.7 Å². The van der Waals surface area contributed by atoms with Crippen LogP contribution in [0.4, 0.5) is 0 Å². The molecule has 134 valence electrons. The predicted octanol–water partition coefficient (Wildman–Crippen LogP) is -0.682. The molecule has 3 unspecified atom stereocenters. The first-order valence-electron chi connectivity index (χ1n) is 8.49. The Hall–Kier alpha value is -2.48. The van der Waals surface area contributed by atoms with E-state index in [0.29, 0.717) is 24.8 Å². The first-order valence-corrected chi connectivity index (χ1v) is 8.49. The van der Waals surface area contributed by atoms with Crippen molar-refractivity contribution in [3.05, 3.63) is 23.8 Å². The van der Waals surface area contributed by atoms with Gasteiger partial charge in [0.05, 0.1) is 0 Å². The van der Waals surface area contributed by atoms with Crippen molar-refractivity contribution < 1.29 is 19.2 Å². The second kappa shape index (κ2) is 6.44. The third kappa shape index (κ3) is 3.09. The van der Waals surface area contributed by atoms with Crippen LogP contribution in [0.1, 0.15) is 32.6 Å². The van der Waals surface area contributed by atoms with E-state index in [4.69, 9.17) is 5.73 Å². The zero-order chi connectivity index (χ0) is 18.2. The largest absolute Gasteiger partial charge is 0.334 e. The summed E-state index contributed by atoms with van der Waals surface area (Å²) in [6.45, 7) is 2.12. The number of nitrogens with two attached hydrogens (primary N) is 1. The number of hydrogen-bond acceptors (Lipinski definition) is 5. The van der Waals surface area contributed by atoms with Crippen molar-refractivity contribution >= 4 is 23.6 Å². The monoisotopic (exact) mass is 346 g/mol. The number of imide groups is 1. The summed E-state index contributed by atoms with van der Waals surface area (Å²) in [4.78, 5) is 49.7. The van der Waals surface area contributed by atoms with E-state index in [1.165, 1.54) is 4.90 Å². The second-order valence-electron chi connectivity index (χ2n) is 6.69. The van der Waals surface area contributed by atoms with Gasteiger partial charge in [-0.05, 0) is 18.9 Å². The number of hydrogen-bond donors (Lipinski definition) is 3. The van der Waals surface area contributed by atoms with E-state index in [1.54, 1.807) is 18.2 Å². The summed E-state index contributed by atoms with van der Waals surface area (Å²) in [7, 11) is 0. The minimum absolute atomic E-state index is 0.178. The van der Waals surface area contributed by atoms with Gasteiger partial charge >= 0.3 is 0 Å². The summed E-state index contributed by atoms with van der Waals surface area (Å²) in [6, 6.07) is -0.688. The molecule has 0 radical (unpaired) electrons. The fourth-order valence-corrected chi connectivity index (χ4v) is 3.62. The molecule has 3 aliphatic rings. The Kier molecular flexibility index (Phi) is 4.47. The predicted molar refractivity (Wildman–Crippen MR) is 88.6 cm³/mol. The van der Waals surface area contributed by atoms with E-state index in [9.17, 15) is 19.2 Å². The Labute approximate surface area is 145 Å². The maximum Gasteiger partial charge on any atom is 0.250 e. The number of carbonyl (C=O) groups is 4. The van der Waals surface area contributed by atoms with Gasteiger partial charge in [0.2, 0.25) is 17.7 Å². The average molecular weight is 346 g/mol. The highest BCUT2D eigenvalue weighted by Crippen LogP contribution is 2.36. The molecule has 0 spiro atoms. The summed E-state index contributed by atoms with van der Waals surface area (Å²) in [5, 5.41) is 5.08. The number of allylic oxidation sites excluding steroid dienone is 2. The molecule has 4 amide bonds. The molecule has 8 heteroatoms. The van der Waals surface area contributed by atoms with Gasteiger partial charge in [-0.15, -0.1) is 0 Å². The van der Waals surface area contributed by atoms with E-state index in [2.05, 4.69) is 10.6 Å². The third-order valence-corrected chi connectivity index (χ3v) is 4.91. The quantitative estimate of drug-likeness (QED) is 0.460. The molecular weight excluding hydrogens is 324 g/mol. The lowest BCUT2D eigenvalue weighted by atomic mass is 9.84. The fraction of sp³-hybridized carbons (Fsp3) is 0.529. The lowest BCUT2D eigenvalue weighted by Gasteiger charge is -2.36. The summed E-state index contributed by atoms with van der Waals surface area (Å²) in [5.41, 5.74) is 5.71. The Morgan fingerprint density at radius 2 is 2.20 bits per heavy atom. The van der Waals surface area contributed by atoms with Crippen LogP contribution in [0, 0.1) is 5.92 Å². The van der Waals surface area contributed by atoms with Crippen LogP contribution in [-0.4, -0.2) is 46.8 Å². The van der Waals surface area contributed by atoms with Gasteiger partial charge in [0, 0.05) is 30.9 Å². The smallest absolute Gasteiger partial charge is 0.250 e. The molecule has 0 aromatic carbocycles. The van der Waals surface area contributed by atoms with Crippen LogP contribution in [0.25, 0.3) is 0 Å². The van der Waals surface area contributed by atoms with Crippen LogP contribution >= 0.6 is 0 Å². The molecule has 2 heterocycles. The summed E-state index contributed by atoms with van der Waals surface area (Å²) in [5.74, 6) is -1.68. The number of nitrogens with one attached hydrogen (secondary N) is 2. The zero-order valence-electron chi connectivity index (χ0n) is 14.1. The van der Waals surface area contributed by atoms with Crippen molar-refractivity contribution in [3.8, 4) is 0 Å². The molecule has 2 aliphatic heterocycles. The topological polar surface area (TPSA) is 122 Å². The van der Waals surface area contributed by atoms with Gasteiger partial charge < -0.3 is 16.0 Å². The molecule has 0 bridgehead atoms. The number of nitrogens with zero attached hydrogens (tertiary/aromatic N) is 1. The van der Waals surface area contributed by atoms with Crippen molar-refractivity contribution in [2.75, 3.05) is 6.54 Å². The van der Waals surface area contributed by atoms with Gasteiger partial charge in [-0.2, -0.15) is 0 Å². The minimum Gasteiger partial charge on any atom is -0.334 e. The lowest BCUT2D eigenvalue weighted by molar-refractivity contribution is -0.142. The molecule has 2 fully saturated rings. The highest BCUT2D eigenvalue weighted by Gasteiger charge is 2.50. The molecule has 1 aliphatic carbocycles. The lowest BCUT2D eigenvalue weighted by Crippen LogP contribution is -2.61. The molecule has 0 aromatic rings. The number of amides is 4. The average Bonchev–Trinajstić information content (AvgIpc) is 2.86. The number of rotatable bonds is 4. The molecule has 8 nitrogen and oxygen atoms in total. The highest BCUT2D eigenvalue weighted by molar-refractivity contribution is 6.05. The first-order chi connectivity index (χ1) is 11.9. The second-order valence-corrected chi connectivity index (χ2v) is 6.69. The van der Waals surface area contributed by atoms with Gasteiger partial charge in [-0.25, -0.2) is 0 Å². The van der Waals surface area contributed by atoms with Crippen LogP contribution in [0.2, 0.25) is 0 Å². The number of likely N-dealkylation sites (tertiary alicyclic amines) is 1. The minimum atomic E-state index is -1.16. The molecule has 25 heavy (non-hydrogen) atoms. The van der Waals surface area contributed by atoms with Crippen LogP contribution in [0.5, 0.6) is 0 Å². The van der Waals surface area contributed by atoms with Gasteiger partial charge in [0.25, 0.3) is 5.91 Å². The maximum atomic E-state index is 12.8. The normalized spacial score (nSPS) is 31.5. The summed E-state index contributed by atoms with van der Waals surface area (Å²) < 4.78 is 0. The maximum absolute atomic E-state index is 12.8. The van der Waals surface area contributed by atoms with Gasteiger partial charge in [-0.3, -0.25) is 24.5 Å². The number of fused-ring (bicyclic) bond motifs is 1. The number of carbonyl (C=O) groups excluding carboxylic acids is 4. The summed E-state index contributed by atoms with van der Waals surface area (Å²) in [6.07, 6.45) is 6.55. The van der Waals surface area contributed by atoms with Gasteiger partial charge in [0.15, 0.2) is 0 Å². The van der Waals surface area contributed by atoms with Crippen LogP contribution in [0.15, 0.2) is 23.8 Å². The van der Waals surface area contributed by atoms with E-state index >= 15 is 0 Å². The van der Waals surface area contributed by atoms with Gasteiger partial charge in [0.1, 0.15) is 11.7 Å². The van der Waals surface area contributed by atoms with Crippen molar-refractivity contribution in [3.63, 3.8) is 0 Å². The van der Waals surface area contributed by atoms with Crippen molar-refractivity contribution in [2.45, 2.75) is 44.3 Å². The molecule has 3 rings (SSSR count). The Morgan fingerprint density at radius 1 is 1.44 bits per heavy atom. The standard InChI is InChI=1S/C17H22N4O4/c1-2-4-14(23)20-17(18)8-3-5-10-11(17)9-21(16(10)25)12-6-7-13(22)19-15(12)24/h3,5,8,11-12H,2,4,6-7,9,18H2,1H3,(H,20,23)(H,19,22,24). The molecule has 3 atom stereocenters. The van der Waals surface area contributed by atoms with E-state index in [-0.39, 0.29) is 30.7 Å². The van der Waals surface area contributed by atoms with Gasteiger partial charge in [-0.1, -0.05) is 19.1 Å². The SMILES string of the molecule is CCCC(=O)NC1(N)C=CC=C2C(=O)N(C3CCC(=O)NC3=O)CC21. The first kappa shape index (κ1) is 17.3. The molecule has 2 saturated heterocycles. The Bertz CT molecular complexity index is 699. The Morgan fingerprint density at radius 3 is 2.88 bits per heavy atom. The summed E-state index contributed by atoms with van der Waals surface area (Å²) >= 11 is 0. The van der Waals surface area contributed by atoms with Crippen LogP contribution < -0.4 is 16.4 Å². The van der Waals surface area contributed by atoms with E-state index in [1.807, 2.05) is 6.92 Å². The zero-order valence-corrected chi connectivity index (χ0v) is 14.1. The third-order valence-electron chi connectivity index (χ3n) is 4.91. The van der Waals surface area contributed by atoms with E-state index < -0.39 is 23.5 Å². The van der Waals surface area contributed by atoms with Crippen LogP contribution in [0.3, 0.4) is 0 Å². The highest BCUT2D eigenvalue weighted by atomic mass is 16.2.